The van der Waals surface area contributed by atoms with Crippen LogP contribution in [0.4, 0.5) is 0 Å². The Kier molecular flexibility index (Phi) is 8.04. The third-order valence-electron chi connectivity index (χ3n) is 5.80. The molecule has 3 rings (SSSR count). The van der Waals surface area contributed by atoms with Gasteiger partial charge >= 0.3 is 5.97 Å². The molecule has 1 aromatic carbocycles. The zero-order chi connectivity index (χ0) is 20.6. The number of piperidine rings is 2. The Morgan fingerprint density at radius 3 is 2.24 bits per heavy atom. The molecule has 0 aromatic heterocycles. The van der Waals surface area contributed by atoms with Crippen LogP contribution in [-0.4, -0.2) is 56.4 Å². The minimum Gasteiger partial charge on any atom is -0.490 e. The lowest BCUT2D eigenvalue weighted by molar-refractivity contribution is 0.00733. The van der Waals surface area contributed by atoms with Gasteiger partial charge in [-0.05, 0) is 71.7 Å². The summed E-state index contributed by atoms with van der Waals surface area (Å²) < 4.78 is 22.9. The smallest absolute Gasteiger partial charge is 0.338 e. The fraction of sp³-hybridized carbons (Fsp3) is 0.696. The summed E-state index contributed by atoms with van der Waals surface area (Å²) in [6.45, 7) is 10.00. The number of benzene rings is 1. The summed E-state index contributed by atoms with van der Waals surface area (Å²) in [5, 5.41) is 0. The fourth-order valence-corrected chi connectivity index (χ4v) is 4.54. The van der Waals surface area contributed by atoms with Crippen LogP contribution < -0.4 is 14.2 Å². The van der Waals surface area contributed by atoms with Crippen molar-refractivity contribution in [2.24, 2.45) is 5.92 Å². The van der Waals surface area contributed by atoms with Crippen molar-refractivity contribution < 1.29 is 23.7 Å². The van der Waals surface area contributed by atoms with Crippen molar-refractivity contribution >= 4 is 5.97 Å². The summed E-state index contributed by atoms with van der Waals surface area (Å²) in [4.78, 5) is 15.4. The SMILES string of the molecule is CCOc1cc(C(=O)OC[C@H]2CCCN3CCCC[C@H]23)cc(OCC)c1OCC. The van der Waals surface area contributed by atoms with Gasteiger partial charge < -0.3 is 18.9 Å². The van der Waals surface area contributed by atoms with Gasteiger partial charge in [-0.1, -0.05) is 6.42 Å². The third kappa shape index (κ3) is 5.35. The van der Waals surface area contributed by atoms with Crippen LogP contribution >= 0.6 is 0 Å². The van der Waals surface area contributed by atoms with E-state index in [1.807, 2.05) is 20.8 Å². The summed E-state index contributed by atoms with van der Waals surface area (Å²) in [7, 11) is 0. The molecule has 2 saturated heterocycles. The van der Waals surface area contributed by atoms with Gasteiger partial charge in [-0.15, -0.1) is 0 Å². The quantitative estimate of drug-likeness (QED) is 0.571. The number of hydrogen-bond acceptors (Lipinski definition) is 6. The topological polar surface area (TPSA) is 57.2 Å². The molecule has 162 valence electrons. The van der Waals surface area contributed by atoms with Crippen molar-refractivity contribution in [3.8, 4) is 17.2 Å². The molecule has 0 spiro atoms. The normalized spacial score (nSPS) is 21.9. The molecule has 0 radical (unpaired) electrons. The summed E-state index contributed by atoms with van der Waals surface area (Å²) in [6, 6.07) is 3.96. The van der Waals surface area contributed by atoms with Crippen LogP contribution in [0, 0.1) is 5.92 Å². The van der Waals surface area contributed by atoms with Crippen LogP contribution in [-0.2, 0) is 4.74 Å². The van der Waals surface area contributed by atoms with E-state index in [1.54, 1.807) is 12.1 Å². The highest BCUT2D eigenvalue weighted by Crippen LogP contribution is 2.39. The van der Waals surface area contributed by atoms with E-state index in [9.17, 15) is 4.79 Å². The largest absolute Gasteiger partial charge is 0.490 e. The molecule has 0 bridgehead atoms. The Balaban J connectivity index is 1.72. The highest BCUT2D eigenvalue weighted by atomic mass is 16.5. The Morgan fingerprint density at radius 1 is 0.931 bits per heavy atom. The van der Waals surface area contributed by atoms with Crippen LogP contribution in [0.1, 0.15) is 63.2 Å². The van der Waals surface area contributed by atoms with Crippen molar-refractivity contribution in [1.29, 1.82) is 0 Å². The van der Waals surface area contributed by atoms with E-state index in [2.05, 4.69) is 4.90 Å². The van der Waals surface area contributed by atoms with Crippen molar-refractivity contribution in [2.75, 3.05) is 39.5 Å². The van der Waals surface area contributed by atoms with Crippen LogP contribution in [0.25, 0.3) is 0 Å². The molecule has 29 heavy (non-hydrogen) atoms. The molecule has 0 saturated carbocycles. The second-order valence-electron chi connectivity index (χ2n) is 7.70. The molecular weight excluding hydrogens is 370 g/mol. The van der Waals surface area contributed by atoms with Gasteiger partial charge in [0.2, 0.25) is 5.75 Å². The number of carbonyl (C=O) groups excluding carboxylic acids is 1. The van der Waals surface area contributed by atoms with Crippen molar-refractivity contribution in [2.45, 2.75) is 58.9 Å². The van der Waals surface area contributed by atoms with Crippen LogP contribution in [0.3, 0.4) is 0 Å². The first-order valence-electron chi connectivity index (χ1n) is 11.2. The minimum atomic E-state index is -0.331. The van der Waals surface area contributed by atoms with E-state index in [0.717, 1.165) is 6.42 Å². The summed E-state index contributed by atoms with van der Waals surface area (Å²) >= 11 is 0. The van der Waals surface area contributed by atoms with E-state index in [-0.39, 0.29) is 5.97 Å². The Labute approximate surface area is 174 Å². The lowest BCUT2D eigenvalue weighted by Crippen LogP contribution is -2.49. The first kappa shape index (κ1) is 21.8. The maximum absolute atomic E-state index is 12.8. The van der Waals surface area contributed by atoms with E-state index in [4.69, 9.17) is 18.9 Å². The zero-order valence-corrected chi connectivity index (χ0v) is 18.1. The lowest BCUT2D eigenvalue weighted by atomic mass is 9.84. The molecular formula is C23H35NO5. The molecule has 2 aliphatic heterocycles. The number of ether oxygens (including phenoxy) is 4. The molecule has 6 nitrogen and oxygen atoms in total. The average molecular weight is 406 g/mol. The Morgan fingerprint density at radius 2 is 1.59 bits per heavy atom. The molecule has 0 N–H and O–H groups in total. The molecule has 2 aliphatic rings. The van der Waals surface area contributed by atoms with Crippen LogP contribution in [0.2, 0.25) is 0 Å². The van der Waals surface area contributed by atoms with Crippen LogP contribution in [0.5, 0.6) is 17.2 Å². The average Bonchev–Trinajstić information content (AvgIpc) is 2.74. The molecule has 2 heterocycles. The summed E-state index contributed by atoms with van der Waals surface area (Å²) in [5.74, 6) is 1.67. The van der Waals surface area contributed by atoms with E-state index in [0.29, 0.717) is 61.2 Å². The van der Waals surface area contributed by atoms with Crippen molar-refractivity contribution in [1.82, 2.24) is 4.90 Å². The van der Waals surface area contributed by atoms with Gasteiger partial charge in [0.1, 0.15) is 0 Å². The van der Waals surface area contributed by atoms with Crippen molar-refractivity contribution in [3.05, 3.63) is 17.7 Å². The number of hydrogen-bond donors (Lipinski definition) is 0. The van der Waals surface area contributed by atoms with Gasteiger partial charge in [-0.3, -0.25) is 4.90 Å². The maximum Gasteiger partial charge on any atom is 0.338 e. The Bertz CT molecular complexity index is 648. The summed E-state index contributed by atoms with van der Waals surface area (Å²) in [6.07, 6.45) is 6.10. The van der Waals surface area contributed by atoms with E-state index >= 15 is 0 Å². The second-order valence-corrected chi connectivity index (χ2v) is 7.70. The first-order valence-corrected chi connectivity index (χ1v) is 11.2. The maximum atomic E-state index is 12.8. The van der Waals surface area contributed by atoms with Gasteiger partial charge in [0.05, 0.1) is 32.0 Å². The minimum absolute atomic E-state index is 0.331. The summed E-state index contributed by atoms with van der Waals surface area (Å²) in [5.41, 5.74) is 0.441. The number of rotatable bonds is 9. The van der Waals surface area contributed by atoms with Gasteiger partial charge in [0, 0.05) is 12.0 Å². The van der Waals surface area contributed by atoms with Crippen LogP contribution in [0.15, 0.2) is 12.1 Å². The number of esters is 1. The third-order valence-corrected chi connectivity index (χ3v) is 5.80. The highest BCUT2D eigenvalue weighted by Gasteiger charge is 2.33. The zero-order valence-electron chi connectivity index (χ0n) is 18.1. The van der Waals surface area contributed by atoms with Crippen molar-refractivity contribution in [3.63, 3.8) is 0 Å². The standard InChI is InChI=1S/C23H35NO5/c1-4-26-20-14-18(15-21(27-5-2)22(20)28-6-3)23(25)29-16-17-10-9-13-24-12-8-7-11-19(17)24/h14-15,17,19H,4-13,16H2,1-3H3/t17-,19-/m1/s1. The Hall–Kier alpha value is -1.95. The van der Waals surface area contributed by atoms with E-state index < -0.39 is 0 Å². The fourth-order valence-electron chi connectivity index (χ4n) is 4.54. The molecule has 2 fully saturated rings. The van der Waals surface area contributed by atoms with E-state index in [1.165, 1.54) is 38.8 Å². The molecule has 2 atom stereocenters. The highest BCUT2D eigenvalue weighted by molar-refractivity contribution is 5.91. The number of nitrogens with zero attached hydrogens (tertiary/aromatic N) is 1. The predicted molar refractivity (Wildman–Crippen MR) is 112 cm³/mol. The predicted octanol–water partition coefficient (Wildman–Crippen LogP) is 4.30. The van der Waals surface area contributed by atoms with Gasteiger partial charge in [0.25, 0.3) is 0 Å². The first-order chi connectivity index (χ1) is 14.2. The van der Waals surface area contributed by atoms with Gasteiger partial charge in [-0.25, -0.2) is 4.79 Å². The molecule has 0 aliphatic carbocycles. The number of fused-ring (bicyclic) bond motifs is 1. The lowest BCUT2D eigenvalue weighted by Gasteiger charge is -2.44. The monoisotopic (exact) mass is 405 g/mol. The molecule has 0 unspecified atom stereocenters. The second kappa shape index (κ2) is 10.7. The molecule has 1 aromatic rings. The molecule has 0 amide bonds. The van der Waals surface area contributed by atoms with Gasteiger partial charge in [-0.2, -0.15) is 0 Å². The van der Waals surface area contributed by atoms with Gasteiger partial charge in [0.15, 0.2) is 11.5 Å². The molecule has 6 heteroatoms. The number of carbonyl (C=O) groups is 1.